The Kier molecular flexibility index (Phi) is 8.10. The van der Waals surface area contributed by atoms with Crippen molar-refractivity contribution in [2.75, 3.05) is 20.2 Å². The predicted octanol–water partition coefficient (Wildman–Crippen LogP) is 2.80. The average Bonchev–Trinajstić information content (AvgIpc) is 3.13. The number of rotatable bonds is 9. The van der Waals surface area contributed by atoms with Crippen LogP contribution >= 0.6 is 0 Å². The molecule has 0 amide bonds. The summed E-state index contributed by atoms with van der Waals surface area (Å²) in [6, 6.07) is 8.35. The highest BCUT2D eigenvalue weighted by atomic mass is 16.5. The van der Waals surface area contributed by atoms with Gasteiger partial charge in [0.15, 0.2) is 5.96 Å². The van der Waals surface area contributed by atoms with Gasteiger partial charge in [0.1, 0.15) is 17.9 Å². The van der Waals surface area contributed by atoms with Crippen molar-refractivity contribution in [3.63, 3.8) is 0 Å². The molecular weight excluding hydrogens is 340 g/mol. The van der Waals surface area contributed by atoms with E-state index in [4.69, 9.17) is 4.74 Å². The molecule has 0 saturated carbocycles. The fourth-order valence-corrected chi connectivity index (χ4v) is 2.63. The van der Waals surface area contributed by atoms with Gasteiger partial charge >= 0.3 is 0 Å². The fraction of sp³-hybridized carbons (Fsp3) is 0.550. The smallest absolute Gasteiger partial charge is 0.191 e. The number of hydrogen-bond donors (Lipinski definition) is 2. The Labute approximate surface area is 162 Å². The molecule has 0 spiro atoms. The molecule has 7 nitrogen and oxygen atoms in total. The Morgan fingerprint density at radius 3 is 2.59 bits per heavy atom. The quantitative estimate of drug-likeness (QED) is 0.523. The second-order valence-electron chi connectivity index (χ2n) is 6.93. The Balaban J connectivity index is 1.82. The molecule has 0 bridgehead atoms. The van der Waals surface area contributed by atoms with Crippen LogP contribution in [0.3, 0.4) is 0 Å². The molecule has 2 rings (SSSR count). The number of benzene rings is 1. The van der Waals surface area contributed by atoms with Crippen molar-refractivity contribution in [2.45, 2.75) is 46.7 Å². The highest BCUT2D eigenvalue weighted by molar-refractivity contribution is 5.80. The van der Waals surface area contributed by atoms with Gasteiger partial charge in [-0.15, -0.1) is 10.2 Å². The van der Waals surface area contributed by atoms with Crippen LogP contribution in [0.5, 0.6) is 5.75 Å². The molecule has 1 unspecified atom stereocenters. The number of guanidine groups is 1. The van der Waals surface area contributed by atoms with E-state index in [-0.39, 0.29) is 6.04 Å². The molecule has 0 aliphatic carbocycles. The standard InChI is InChI=1S/C20H32N6O/c1-6-19-25-23-14-26(19)12-11-22-20(21-5)24-16(4)17-7-9-18(10-8-17)27-13-15(2)3/h7-10,14-16H,6,11-13H2,1-5H3,(H2,21,22,24). The first-order valence-corrected chi connectivity index (χ1v) is 9.60. The van der Waals surface area contributed by atoms with Gasteiger partial charge in [0.2, 0.25) is 0 Å². The Hall–Kier alpha value is -2.57. The minimum absolute atomic E-state index is 0.136. The van der Waals surface area contributed by atoms with Crippen LogP contribution in [-0.2, 0) is 13.0 Å². The normalized spacial score (nSPS) is 12.9. The monoisotopic (exact) mass is 372 g/mol. The van der Waals surface area contributed by atoms with Crippen LogP contribution in [-0.4, -0.2) is 40.9 Å². The van der Waals surface area contributed by atoms with E-state index in [1.165, 1.54) is 5.56 Å². The summed E-state index contributed by atoms with van der Waals surface area (Å²) in [5.74, 6) is 3.19. The lowest BCUT2D eigenvalue weighted by molar-refractivity contribution is 0.271. The van der Waals surface area contributed by atoms with E-state index in [2.05, 4.69) is 70.2 Å². The maximum atomic E-state index is 5.74. The van der Waals surface area contributed by atoms with Crippen molar-refractivity contribution in [1.29, 1.82) is 0 Å². The summed E-state index contributed by atoms with van der Waals surface area (Å²) in [6.07, 6.45) is 2.64. The minimum atomic E-state index is 0.136. The van der Waals surface area contributed by atoms with Gasteiger partial charge in [-0.3, -0.25) is 4.99 Å². The summed E-state index contributed by atoms with van der Waals surface area (Å²) in [7, 11) is 1.78. The second kappa shape index (κ2) is 10.5. The molecule has 0 radical (unpaired) electrons. The number of nitrogens with zero attached hydrogens (tertiary/aromatic N) is 4. The first-order valence-electron chi connectivity index (χ1n) is 9.60. The van der Waals surface area contributed by atoms with E-state index in [1.807, 2.05) is 12.1 Å². The van der Waals surface area contributed by atoms with Crippen LogP contribution in [0, 0.1) is 5.92 Å². The number of aromatic nitrogens is 3. The molecule has 148 valence electrons. The molecule has 1 heterocycles. The zero-order valence-electron chi connectivity index (χ0n) is 17.1. The Morgan fingerprint density at radius 2 is 1.96 bits per heavy atom. The molecule has 0 saturated heterocycles. The molecule has 2 aromatic rings. The van der Waals surface area contributed by atoms with Gasteiger partial charge in [0.25, 0.3) is 0 Å². The van der Waals surface area contributed by atoms with E-state index >= 15 is 0 Å². The van der Waals surface area contributed by atoms with Crippen molar-refractivity contribution >= 4 is 5.96 Å². The fourth-order valence-electron chi connectivity index (χ4n) is 2.63. The highest BCUT2D eigenvalue weighted by Crippen LogP contribution is 2.18. The van der Waals surface area contributed by atoms with Crippen molar-refractivity contribution in [2.24, 2.45) is 10.9 Å². The largest absolute Gasteiger partial charge is 0.493 e. The third-order valence-corrected chi connectivity index (χ3v) is 4.20. The lowest BCUT2D eigenvalue weighted by Gasteiger charge is -2.19. The van der Waals surface area contributed by atoms with Gasteiger partial charge in [0, 0.05) is 26.6 Å². The number of hydrogen-bond acceptors (Lipinski definition) is 4. The lowest BCUT2D eigenvalue weighted by atomic mass is 10.1. The van der Waals surface area contributed by atoms with E-state index < -0.39 is 0 Å². The molecule has 7 heteroatoms. The lowest BCUT2D eigenvalue weighted by Crippen LogP contribution is -2.40. The Morgan fingerprint density at radius 1 is 1.22 bits per heavy atom. The van der Waals surface area contributed by atoms with Gasteiger partial charge in [-0.25, -0.2) is 0 Å². The van der Waals surface area contributed by atoms with Crippen molar-refractivity contribution in [3.8, 4) is 5.75 Å². The SMILES string of the molecule is CCc1nncn1CCNC(=NC)NC(C)c1ccc(OCC(C)C)cc1. The molecule has 1 atom stereocenters. The maximum Gasteiger partial charge on any atom is 0.191 e. The van der Waals surface area contributed by atoms with Crippen LogP contribution in [0.25, 0.3) is 0 Å². The molecule has 27 heavy (non-hydrogen) atoms. The zero-order valence-corrected chi connectivity index (χ0v) is 17.1. The van der Waals surface area contributed by atoms with Gasteiger partial charge in [-0.05, 0) is 30.5 Å². The Bertz CT molecular complexity index is 708. The van der Waals surface area contributed by atoms with Gasteiger partial charge in [0.05, 0.1) is 12.6 Å². The molecule has 2 N–H and O–H groups in total. The molecule has 0 aliphatic heterocycles. The number of ether oxygens (including phenoxy) is 1. The topological polar surface area (TPSA) is 76.4 Å². The zero-order chi connectivity index (χ0) is 19.6. The summed E-state index contributed by atoms with van der Waals surface area (Å²) in [5.41, 5.74) is 1.18. The second-order valence-corrected chi connectivity index (χ2v) is 6.93. The van der Waals surface area contributed by atoms with Gasteiger partial charge in [-0.2, -0.15) is 0 Å². The van der Waals surface area contributed by atoms with Crippen LogP contribution in [0.1, 0.15) is 45.1 Å². The predicted molar refractivity (Wildman–Crippen MR) is 109 cm³/mol. The van der Waals surface area contributed by atoms with Crippen LogP contribution < -0.4 is 15.4 Å². The number of aryl methyl sites for hydroxylation is 1. The van der Waals surface area contributed by atoms with Crippen LogP contribution in [0.2, 0.25) is 0 Å². The summed E-state index contributed by atoms with van der Waals surface area (Å²) >= 11 is 0. The van der Waals surface area contributed by atoms with Crippen LogP contribution in [0.15, 0.2) is 35.6 Å². The average molecular weight is 373 g/mol. The van der Waals surface area contributed by atoms with E-state index in [0.717, 1.165) is 43.7 Å². The first kappa shape index (κ1) is 20.7. The van der Waals surface area contributed by atoms with E-state index in [1.54, 1.807) is 13.4 Å². The highest BCUT2D eigenvalue weighted by Gasteiger charge is 2.09. The molecule has 1 aromatic heterocycles. The third kappa shape index (κ3) is 6.58. The van der Waals surface area contributed by atoms with Crippen molar-refractivity contribution in [3.05, 3.63) is 42.0 Å². The number of aliphatic imine (C=N–C) groups is 1. The van der Waals surface area contributed by atoms with Crippen LogP contribution in [0.4, 0.5) is 0 Å². The summed E-state index contributed by atoms with van der Waals surface area (Å²) in [6.45, 7) is 10.8. The van der Waals surface area contributed by atoms with Crippen molar-refractivity contribution in [1.82, 2.24) is 25.4 Å². The number of nitrogens with one attached hydrogen (secondary N) is 2. The molecule has 0 aliphatic rings. The van der Waals surface area contributed by atoms with Crippen molar-refractivity contribution < 1.29 is 4.74 Å². The third-order valence-electron chi connectivity index (χ3n) is 4.20. The van der Waals surface area contributed by atoms with Gasteiger partial charge < -0.3 is 19.9 Å². The summed E-state index contributed by atoms with van der Waals surface area (Å²) in [4.78, 5) is 4.31. The molecule has 0 fully saturated rings. The first-order chi connectivity index (χ1) is 13.0. The van der Waals surface area contributed by atoms with Gasteiger partial charge in [-0.1, -0.05) is 32.9 Å². The van der Waals surface area contributed by atoms with E-state index in [0.29, 0.717) is 5.92 Å². The molecule has 1 aromatic carbocycles. The molecular formula is C20H32N6O. The summed E-state index contributed by atoms with van der Waals surface area (Å²) < 4.78 is 7.80. The summed E-state index contributed by atoms with van der Waals surface area (Å²) in [5, 5.41) is 14.8. The van der Waals surface area contributed by atoms with E-state index in [9.17, 15) is 0 Å². The minimum Gasteiger partial charge on any atom is -0.493 e. The maximum absolute atomic E-state index is 5.74.